The van der Waals surface area contributed by atoms with Crippen LogP contribution in [-0.4, -0.2) is 4.57 Å². The van der Waals surface area contributed by atoms with E-state index in [4.69, 9.17) is 0 Å². The van der Waals surface area contributed by atoms with Crippen LogP contribution in [0, 0.1) is 22.7 Å². The normalized spacial score (nSPS) is 11.4. The Balaban J connectivity index is 1.90. The van der Waals surface area contributed by atoms with Crippen molar-refractivity contribution in [3.8, 4) is 29.0 Å². The van der Waals surface area contributed by atoms with Gasteiger partial charge in [-0.25, -0.2) is 0 Å². The molecule has 0 spiro atoms. The lowest BCUT2D eigenvalue weighted by atomic mass is 9.86. The molecule has 1 aromatic heterocycles. The fraction of sp³-hybridized carbons (Fsp3) is 0.133. The quantitative estimate of drug-likeness (QED) is 0.294. The molecule has 3 heteroatoms. The van der Waals surface area contributed by atoms with Crippen LogP contribution in [0.3, 0.4) is 0 Å². The average molecular weight is 426 g/mol. The highest BCUT2D eigenvalue weighted by atomic mass is 15.0. The monoisotopic (exact) mass is 425 g/mol. The second-order valence-electron chi connectivity index (χ2n) is 9.34. The largest absolute Gasteiger partial charge is 0.307 e. The Morgan fingerprint density at radius 2 is 1.27 bits per heavy atom. The minimum absolute atomic E-state index is 0.0422. The second-order valence-corrected chi connectivity index (χ2v) is 9.34. The van der Waals surface area contributed by atoms with Crippen LogP contribution in [0.25, 0.3) is 38.6 Å². The third-order valence-corrected chi connectivity index (χ3v) is 6.23. The van der Waals surface area contributed by atoms with Crippen LogP contribution in [-0.2, 0) is 5.41 Å². The molecule has 0 saturated heterocycles. The summed E-state index contributed by atoms with van der Waals surface area (Å²) in [5.74, 6) is 0. The summed E-state index contributed by atoms with van der Waals surface area (Å²) in [6, 6.07) is 33.1. The summed E-state index contributed by atoms with van der Waals surface area (Å²) >= 11 is 0. The predicted molar refractivity (Wildman–Crippen MR) is 134 cm³/mol. The van der Waals surface area contributed by atoms with Gasteiger partial charge >= 0.3 is 0 Å². The third-order valence-electron chi connectivity index (χ3n) is 6.23. The Morgan fingerprint density at radius 1 is 0.697 bits per heavy atom. The highest BCUT2D eigenvalue weighted by Gasteiger charge is 2.20. The topological polar surface area (TPSA) is 52.5 Å². The number of para-hydroxylation sites is 2. The molecule has 0 aliphatic carbocycles. The molecule has 158 valence electrons. The molecule has 0 fully saturated rings. The van der Waals surface area contributed by atoms with Crippen molar-refractivity contribution in [2.75, 3.05) is 0 Å². The lowest BCUT2D eigenvalue weighted by molar-refractivity contribution is 0.590. The second kappa shape index (κ2) is 7.66. The Morgan fingerprint density at radius 3 is 1.79 bits per heavy atom. The highest BCUT2D eigenvalue weighted by molar-refractivity contribution is 6.10. The number of hydrogen-bond donors (Lipinski definition) is 0. The first-order chi connectivity index (χ1) is 15.9. The first kappa shape index (κ1) is 20.6. The van der Waals surface area contributed by atoms with E-state index in [-0.39, 0.29) is 5.41 Å². The van der Waals surface area contributed by atoms with E-state index < -0.39 is 0 Å². The van der Waals surface area contributed by atoms with Crippen LogP contribution in [0.5, 0.6) is 0 Å². The fourth-order valence-electron chi connectivity index (χ4n) is 4.56. The smallest absolute Gasteiger partial charge is 0.101 e. The summed E-state index contributed by atoms with van der Waals surface area (Å²) in [5, 5.41) is 22.1. The van der Waals surface area contributed by atoms with E-state index >= 15 is 0 Å². The first-order valence-corrected chi connectivity index (χ1v) is 11.0. The maximum absolute atomic E-state index is 10.1. The summed E-state index contributed by atoms with van der Waals surface area (Å²) in [5.41, 5.74) is 6.96. The van der Waals surface area contributed by atoms with Gasteiger partial charge in [-0.3, -0.25) is 0 Å². The van der Waals surface area contributed by atoms with Crippen LogP contribution in [0.1, 0.15) is 37.5 Å². The number of rotatable bonds is 2. The minimum atomic E-state index is 0.0422. The summed E-state index contributed by atoms with van der Waals surface area (Å²) in [6.07, 6.45) is 0. The van der Waals surface area contributed by atoms with E-state index in [9.17, 15) is 10.5 Å². The Kier molecular flexibility index (Phi) is 4.77. The Hall–Kier alpha value is -4.34. The lowest BCUT2D eigenvalue weighted by Gasteiger charge is -2.20. The van der Waals surface area contributed by atoms with Gasteiger partial charge in [0, 0.05) is 16.3 Å². The van der Waals surface area contributed by atoms with E-state index in [2.05, 4.69) is 86.0 Å². The lowest BCUT2D eigenvalue weighted by Crippen LogP contribution is -2.10. The molecule has 0 N–H and O–H groups in total. The minimum Gasteiger partial charge on any atom is -0.307 e. The van der Waals surface area contributed by atoms with Gasteiger partial charge in [0.1, 0.15) is 6.07 Å². The number of benzene rings is 4. The number of nitriles is 2. The highest BCUT2D eigenvalue weighted by Crippen LogP contribution is 2.38. The maximum Gasteiger partial charge on any atom is 0.101 e. The molecule has 0 amide bonds. The van der Waals surface area contributed by atoms with Crippen molar-refractivity contribution in [2.45, 2.75) is 26.2 Å². The zero-order valence-corrected chi connectivity index (χ0v) is 18.9. The summed E-state index contributed by atoms with van der Waals surface area (Å²) in [4.78, 5) is 0. The van der Waals surface area contributed by atoms with E-state index in [0.717, 1.165) is 38.6 Å². The predicted octanol–water partition coefficient (Wildman–Crippen LogP) is 7.49. The van der Waals surface area contributed by atoms with Gasteiger partial charge < -0.3 is 4.57 Å². The molecule has 5 rings (SSSR count). The molecule has 3 nitrogen and oxygen atoms in total. The fourth-order valence-corrected chi connectivity index (χ4v) is 4.56. The summed E-state index contributed by atoms with van der Waals surface area (Å²) in [6.45, 7) is 6.57. The molecule has 4 aromatic carbocycles. The van der Waals surface area contributed by atoms with Gasteiger partial charge in [-0.1, -0.05) is 81.4 Å². The van der Waals surface area contributed by atoms with Gasteiger partial charge in [-0.2, -0.15) is 10.5 Å². The van der Waals surface area contributed by atoms with Crippen LogP contribution in [0.15, 0.2) is 84.9 Å². The number of fused-ring (bicyclic) bond motifs is 3. The van der Waals surface area contributed by atoms with Crippen molar-refractivity contribution >= 4 is 21.8 Å². The molecule has 33 heavy (non-hydrogen) atoms. The van der Waals surface area contributed by atoms with E-state index in [1.54, 1.807) is 6.07 Å². The first-order valence-electron chi connectivity index (χ1n) is 11.0. The summed E-state index contributed by atoms with van der Waals surface area (Å²) < 4.78 is 2.16. The zero-order chi connectivity index (χ0) is 23.2. The molecule has 0 atom stereocenters. The molecule has 0 aliphatic heterocycles. The van der Waals surface area contributed by atoms with Gasteiger partial charge in [0.25, 0.3) is 0 Å². The third kappa shape index (κ3) is 3.36. The van der Waals surface area contributed by atoms with Gasteiger partial charge in [-0.15, -0.1) is 0 Å². The van der Waals surface area contributed by atoms with Crippen molar-refractivity contribution in [1.29, 1.82) is 10.5 Å². The van der Waals surface area contributed by atoms with Crippen LogP contribution < -0.4 is 0 Å². The van der Waals surface area contributed by atoms with Crippen molar-refractivity contribution in [3.63, 3.8) is 0 Å². The van der Waals surface area contributed by atoms with Gasteiger partial charge in [0.05, 0.1) is 33.9 Å². The van der Waals surface area contributed by atoms with E-state index in [1.807, 2.05) is 30.3 Å². The maximum atomic E-state index is 10.1. The van der Waals surface area contributed by atoms with Gasteiger partial charge in [0.15, 0.2) is 0 Å². The molecule has 1 heterocycles. The zero-order valence-electron chi connectivity index (χ0n) is 18.9. The SMILES string of the molecule is CC(C)(C)c1ccc(-c2cc(C#N)cc(C#N)c2-n2c3ccccc3c3ccccc32)cc1. The number of nitrogens with zero attached hydrogens (tertiary/aromatic N) is 3. The van der Waals surface area contributed by atoms with Crippen molar-refractivity contribution < 1.29 is 0 Å². The van der Waals surface area contributed by atoms with Crippen LogP contribution >= 0.6 is 0 Å². The van der Waals surface area contributed by atoms with Crippen molar-refractivity contribution in [3.05, 3.63) is 102 Å². The van der Waals surface area contributed by atoms with Gasteiger partial charge in [-0.05, 0) is 40.8 Å². The number of hydrogen-bond acceptors (Lipinski definition) is 2. The Bertz CT molecular complexity index is 1540. The number of aromatic nitrogens is 1. The van der Waals surface area contributed by atoms with Crippen LogP contribution in [0.2, 0.25) is 0 Å². The van der Waals surface area contributed by atoms with E-state index in [0.29, 0.717) is 11.1 Å². The molecule has 0 bridgehead atoms. The Labute approximate surface area is 193 Å². The van der Waals surface area contributed by atoms with Crippen molar-refractivity contribution in [1.82, 2.24) is 4.57 Å². The molecule has 0 saturated carbocycles. The molecule has 0 aliphatic rings. The molecule has 0 radical (unpaired) electrons. The molecule has 5 aromatic rings. The summed E-state index contributed by atoms with van der Waals surface area (Å²) in [7, 11) is 0. The van der Waals surface area contributed by atoms with E-state index in [1.165, 1.54) is 5.56 Å². The van der Waals surface area contributed by atoms with Crippen LogP contribution in [0.4, 0.5) is 0 Å². The standard InChI is InChI=1S/C30H23N3/c1-30(2,3)23-14-12-21(13-15-23)26-17-20(18-31)16-22(19-32)29(26)33-27-10-6-4-8-24(27)25-9-5-7-11-28(25)33/h4-17H,1-3H3. The van der Waals surface area contributed by atoms with Gasteiger partial charge in [0.2, 0.25) is 0 Å². The molecule has 0 unspecified atom stereocenters. The van der Waals surface area contributed by atoms with Crippen molar-refractivity contribution in [2.24, 2.45) is 0 Å². The average Bonchev–Trinajstić information content (AvgIpc) is 3.17. The molecular weight excluding hydrogens is 402 g/mol. The molecular formula is C30H23N3.